The van der Waals surface area contributed by atoms with Gasteiger partial charge in [0.15, 0.2) is 0 Å². The molecule has 0 amide bonds. The maximum atomic E-state index is 8.49. The summed E-state index contributed by atoms with van der Waals surface area (Å²) in [6, 6.07) is 0. The topological polar surface area (TPSA) is 35.9 Å². The molecule has 1 N–H and O–H groups in total. The van der Waals surface area contributed by atoms with Gasteiger partial charge in [-0.15, -0.1) is 0 Å². The van der Waals surface area contributed by atoms with Crippen molar-refractivity contribution in [2.24, 2.45) is 0 Å². The number of nitrogens with zero attached hydrogens (tertiary/aromatic N) is 2. The smallest absolute Gasteiger partial charge is 0.0698 e. The molecule has 0 saturated carbocycles. The monoisotopic (exact) mass is 300 g/mol. The second-order valence-electron chi connectivity index (χ2n) is 3.09. The number of ether oxygens (including phenoxy) is 1. The highest BCUT2D eigenvalue weighted by Crippen LogP contribution is 2.05. The molecule has 4 nitrogen and oxygen atoms in total. The summed E-state index contributed by atoms with van der Waals surface area (Å²) in [5, 5.41) is 8.49. The van der Waals surface area contributed by atoms with Crippen LogP contribution >= 0.6 is 22.9 Å². The number of aliphatic hydroxyl groups excluding tert-OH is 1. The zero-order valence-electron chi connectivity index (χ0n) is 7.78. The largest absolute Gasteiger partial charge is 0.394 e. The van der Waals surface area contributed by atoms with Crippen LogP contribution in [0.3, 0.4) is 0 Å². The van der Waals surface area contributed by atoms with Crippen molar-refractivity contribution in [3.63, 3.8) is 0 Å². The van der Waals surface area contributed by atoms with Gasteiger partial charge in [-0.05, 0) is 0 Å². The molecular weight excluding hydrogens is 283 g/mol. The van der Waals surface area contributed by atoms with E-state index in [9.17, 15) is 0 Å². The van der Waals surface area contributed by atoms with E-state index in [2.05, 4.69) is 30.9 Å². The van der Waals surface area contributed by atoms with Crippen molar-refractivity contribution in [2.75, 3.05) is 52.5 Å². The third-order valence-corrected chi connectivity index (χ3v) is 3.07. The first-order chi connectivity index (χ1) is 6.33. The van der Waals surface area contributed by atoms with Crippen molar-refractivity contribution in [1.82, 2.24) is 8.01 Å². The molecule has 0 spiro atoms. The first kappa shape index (κ1) is 11.6. The Morgan fingerprint density at radius 3 is 2.46 bits per heavy atom. The van der Waals surface area contributed by atoms with E-state index in [1.54, 1.807) is 0 Å². The van der Waals surface area contributed by atoms with E-state index in [0.29, 0.717) is 6.61 Å². The molecule has 1 saturated heterocycles. The van der Waals surface area contributed by atoms with Crippen LogP contribution in [0.5, 0.6) is 0 Å². The zero-order valence-corrected chi connectivity index (χ0v) is 9.94. The van der Waals surface area contributed by atoms with Gasteiger partial charge >= 0.3 is 0 Å². The lowest BCUT2D eigenvalue weighted by Crippen LogP contribution is -2.43. The average Bonchev–Trinajstić information content (AvgIpc) is 2.15. The Kier molecular flexibility index (Phi) is 6.22. The third kappa shape index (κ3) is 5.11. The standard InChI is InChI=1S/C8H17IN2O2/c9-11-3-1-10(2-4-11)5-7-13-8-6-12/h12H,1-8H2. The summed E-state index contributed by atoms with van der Waals surface area (Å²) in [4.78, 5) is 2.40. The van der Waals surface area contributed by atoms with Crippen LogP contribution in [0.15, 0.2) is 0 Å². The summed E-state index contributed by atoms with van der Waals surface area (Å²) < 4.78 is 7.51. The highest BCUT2D eigenvalue weighted by molar-refractivity contribution is 14.1. The number of piperazine rings is 1. The summed E-state index contributed by atoms with van der Waals surface area (Å²) in [6.07, 6.45) is 0. The van der Waals surface area contributed by atoms with Gasteiger partial charge in [-0.3, -0.25) is 4.90 Å². The minimum atomic E-state index is 0.127. The van der Waals surface area contributed by atoms with E-state index in [0.717, 1.165) is 39.3 Å². The lowest BCUT2D eigenvalue weighted by Gasteiger charge is -2.30. The fourth-order valence-corrected chi connectivity index (χ4v) is 1.74. The van der Waals surface area contributed by atoms with Gasteiger partial charge in [0.25, 0.3) is 0 Å². The Morgan fingerprint density at radius 1 is 1.15 bits per heavy atom. The molecule has 5 heteroatoms. The van der Waals surface area contributed by atoms with Crippen molar-refractivity contribution in [1.29, 1.82) is 0 Å². The predicted molar refractivity (Wildman–Crippen MR) is 59.9 cm³/mol. The van der Waals surface area contributed by atoms with Crippen LogP contribution in [0.4, 0.5) is 0 Å². The SMILES string of the molecule is OCCOCCN1CCN(I)CC1. The molecule has 1 rings (SSSR count). The molecule has 0 aromatic heterocycles. The minimum Gasteiger partial charge on any atom is -0.394 e. The van der Waals surface area contributed by atoms with Crippen LogP contribution in [0.25, 0.3) is 0 Å². The van der Waals surface area contributed by atoms with Crippen LogP contribution in [0.2, 0.25) is 0 Å². The molecule has 0 unspecified atom stereocenters. The van der Waals surface area contributed by atoms with E-state index in [1.807, 2.05) is 0 Å². The number of aliphatic hydroxyl groups is 1. The van der Waals surface area contributed by atoms with E-state index >= 15 is 0 Å². The summed E-state index contributed by atoms with van der Waals surface area (Å²) in [5.41, 5.74) is 0. The van der Waals surface area contributed by atoms with Crippen molar-refractivity contribution in [3.8, 4) is 0 Å². The molecule has 0 aliphatic carbocycles. The van der Waals surface area contributed by atoms with Crippen LogP contribution in [-0.2, 0) is 4.74 Å². The summed E-state index contributed by atoms with van der Waals surface area (Å²) in [7, 11) is 0. The zero-order chi connectivity index (χ0) is 9.52. The third-order valence-electron chi connectivity index (χ3n) is 2.11. The number of hydrogen-bond acceptors (Lipinski definition) is 4. The van der Waals surface area contributed by atoms with Crippen LogP contribution in [0, 0.1) is 0 Å². The second kappa shape index (κ2) is 6.94. The highest BCUT2D eigenvalue weighted by atomic mass is 127. The number of hydrogen-bond donors (Lipinski definition) is 1. The van der Waals surface area contributed by atoms with Crippen molar-refractivity contribution in [2.45, 2.75) is 0 Å². The van der Waals surface area contributed by atoms with Gasteiger partial charge in [0, 0.05) is 55.6 Å². The molecule has 78 valence electrons. The Balaban J connectivity index is 1.96. The van der Waals surface area contributed by atoms with Gasteiger partial charge in [0.1, 0.15) is 0 Å². The quantitative estimate of drug-likeness (QED) is 0.439. The fraction of sp³-hybridized carbons (Fsp3) is 1.00. The van der Waals surface area contributed by atoms with Crippen LogP contribution < -0.4 is 0 Å². The molecule has 13 heavy (non-hydrogen) atoms. The molecule has 1 aliphatic rings. The summed E-state index contributed by atoms with van der Waals surface area (Å²) >= 11 is 2.36. The molecular formula is C8H17IN2O2. The second-order valence-corrected chi connectivity index (χ2v) is 4.45. The van der Waals surface area contributed by atoms with Gasteiger partial charge < -0.3 is 9.84 Å². The lowest BCUT2D eigenvalue weighted by atomic mass is 10.4. The molecule has 0 aromatic rings. The Labute approximate surface area is 93.3 Å². The Bertz CT molecular complexity index is 129. The molecule has 0 aromatic carbocycles. The highest BCUT2D eigenvalue weighted by Gasteiger charge is 2.13. The molecule has 0 bridgehead atoms. The van der Waals surface area contributed by atoms with Gasteiger partial charge in [0.2, 0.25) is 0 Å². The van der Waals surface area contributed by atoms with Gasteiger partial charge in [-0.1, -0.05) is 0 Å². The van der Waals surface area contributed by atoms with Gasteiger partial charge in [-0.25, -0.2) is 3.11 Å². The van der Waals surface area contributed by atoms with Crippen molar-refractivity contribution in [3.05, 3.63) is 0 Å². The van der Waals surface area contributed by atoms with Crippen LogP contribution in [-0.4, -0.2) is 65.7 Å². The molecule has 1 aliphatic heterocycles. The van der Waals surface area contributed by atoms with E-state index in [-0.39, 0.29) is 6.61 Å². The number of halogens is 1. The predicted octanol–water partition coefficient (Wildman–Crippen LogP) is -0.0371. The molecule has 1 heterocycles. The first-order valence-electron chi connectivity index (χ1n) is 4.64. The van der Waals surface area contributed by atoms with Crippen molar-refractivity contribution >= 4 is 22.9 Å². The van der Waals surface area contributed by atoms with E-state index < -0.39 is 0 Å². The minimum absolute atomic E-state index is 0.127. The number of rotatable bonds is 5. The Morgan fingerprint density at radius 2 is 1.85 bits per heavy atom. The maximum absolute atomic E-state index is 8.49. The lowest BCUT2D eigenvalue weighted by molar-refractivity contribution is 0.0678. The maximum Gasteiger partial charge on any atom is 0.0698 e. The summed E-state index contributed by atoms with van der Waals surface area (Å²) in [5.74, 6) is 0. The van der Waals surface area contributed by atoms with E-state index in [1.165, 1.54) is 0 Å². The summed E-state index contributed by atoms with van der Waals surface area (Å²) in [6.45, 7) is 6.86. The van der Waals surface area contributed by atoms with Gasteiger partial charge in [-0.2, -0.15) is 0 Å². The first-order valence-corrected chi connectivity index (χ1v) is 5.61. The Hall–Kier alpha value is 0.570. The van der Waals surface area contributed by atoms with E-state index in [4.69, 9.17) is 9.84 Å². The normalized spacial score (nSPS) is 20.8. The van der Waals surface area contributed by atoms with Crippen LogP contribution in [0.1, 0.15) is 0 Å². The van der Waals surface area contributed by atoms with Crippen molar-refractivity contribution < 1.29 is 9.84 Å². The van der Waals surface area contributed by atoms with Gasteiger partial charge in [0.05, 0.1) is 19.8 Å². The molecule has 0 atom stereocenters. The molecule has 1 fully saturated rings. The molecule has 0 radical (unpaired) electrons. The fourth-order valence-electron chi connectivity index (χ4n) is 1.31. The average molecular weight is 300 g/mol.